The van der Waals surface area contributed by atoms with E-state index in [1.165, 1.54) is 0 Å². The number of hydrogen-bond acceptors (Lipinski definition) is 2. The minimum absolute atomic E-state index is 0.0566. The van der Waals surface area contributed by atoms with Gasteiger partial charge in [0, 0.05) is 16.4 Å². The van der Waals surface area contributed by atoms with Gasteiger partial charge in [-0.05, 0) is 59.8 Å². The van der Waals surface area contributed by atoms with Gasteiger partial charge in [0.25, 0.3) is 0 Å². The summed E-state index contributed by atoms with van der Waals surface area (Å²) in [5, 5.41) is 3.00. The Morgan fingerprint density at radius 2 is 2.22 bits per heavy atom. The highest BCUT2D eigenvalue weighted by Crippen LogP contribution is 2.27. The van der Waals surface area contributed by atoms with Gasteiger partial charge in [0.15, 0.2) is 0 Å². The second-order valence-corrected chi connectivity index (χ2v) is 5.95. The molecule has 98 valence electrons. The van der Waals surface area contributed by atoms with Crippen molar-refractivity contribution in [3.05, 3.63) is 28.2 Å². The predicted molar refractivity (Wildman–Crippen MR) is 77.4 cm³/mol. The maximum Gasteiger partial charge on any atom is 0.227 e. The molecule has 0 bridgehead atoms. The van der Waals surface area contributed by atoms with E-state index in [4.69, 9.17) is 5.73 Å². The molecule has 0 heterocycles. The zero-order valence-electron chi connectivity index (χ0n) is 10.6. The second kappa shape index (κ2) is 5.85. The van der Waals surface area contributed by atoms with Gasteiger partial charge < -0.3 is 11.1 Å². The van der Waals surface area contributed by atoms with Crippen molar-refractivity contribution < 1.29 is 4.79 Å². The van der Waals surface area contributed by atoms with Gasteiger partial charge in [-0.1, -0.05) is 12.5 Å². The first kappa shape index (κ1) is 13.6. The number of benzene rings is 1. The first-order valence-electron chi connectivity index (χ1n) is 6.39. The Balaban J connectivity index is 2.04. The smallest absolute Gasteiger partial charge is 0.227 e. The molecule has 2 rings (SSSR count). The normalized spacial score (nSPS) is 23.7. The Kier molecular flexibility index (Phi) is 4.40. The number of nitrogens with one attached hydrogen (secondary N) is 1. The van der Waals surface area contributed by atoms with Gasteiger partial charge >= 0.3 is 0 Å². The summed E-state index contributed by atoms with van der Waals surface area (Å²) in [6, 6.07) is 6.12. The van der Waals surface area contributed by atoms with Crippen LogP contribution in [0.2, 0.25) is 0 Å². The monoisotopic (exact) mass is 310 g/mol. The van der Waals surface area contributed by atoms with E-state index >= 15 is 0 Å². The summed E-state index contributed by atoms with van der Waals surface area (Å²) in [7, 11) is 0. The molecule has 0 aromatic heterocycles. The van der Waals surface area contributed by atoms with E-state index in [1.54, 1.807) is 0 Å². The van der Waals surface area contributed by atoms with Crippen molar-refractivity contribution in [2.24, 2.45) is 11.7 Å². The molecule has 1 aromatic rings. The molecule has 2 atom stereocenters. The van der Waals surface area contributed by atoms with Crippen LogP contribution in [-0.2, 0) is 4.79 Å². The van der Waals surface area contributed by atoms with Crippen LogP contribution in [0.15, 0.2) is 22.7 Å². The van der Waals surface area contributed by atoms with Gasteiger partial charge in [0.05, 0.1) is 5.69 Å². The molecule has 0 radical (unpaired) electrons. The number of hydrogen-bond donors (Lipinski definition) is 2. The quantitative estimate of drug-likeness (QED) is 0.881. The number of carbonyl (C=O) groups excluding carboxylic acids is 1. The summed E-state index contributed by atoms with van der Waals surface area (Å²) in [5.41, 5.74) is 7.90. The standard InChI is InChI=1S/C14H19BrN2O/c1-9-5-6-12(15)13(7-9)17-14(18)10-3-2-4-11(16)8-10/h5-7,10-11H,2-4,8,16H2,1H3,(H,17,18). The Hall–Kier alpha value is -0.870. The third-order valence-electron chi connectivity index (χ3n) is 3.47. The number of rotatable bonds is 2. The molecular formula is C14H19BrN2O. The van der Waals surface area contributed by atoms with Crippen LogP contribution >= 0.6 is 15.9 Å². The highest BCUT2D eigenvalue weighted by Gasteiger charge is 2.25. The predicted octanol–water partition coefficient (Wildman–Crippen LogP) is 3.21. The van der Waals surface area contributed by atoms with Crippen molar-refractivity contribution in [2.75, 3.05) is 5.32 Å². The summed E-state index contributed by atoms with van der Waals surface area (Å²) >= 11 is 3.46. The van der Waals surface area contributed by atoms with Crippen molar-refractivity contribution in [3.8, 4) is 0 Å². The maximum atomic E-state index is 12.2. The first-order valence-corrected chi connectivity index (χ1v) is 7.18. The average Bonchev–Trinajstić information content (AvgIpc) is 2.34. The lowest BCUT2D eigenvalue weighted by atomic mass is 9.85. The Labute approximate surface area is 116 Å². The first-order chi connectivity index (χ1) is 8.56. The summed E-state index contributed by atoms with van der Waals surface area (Å²) in [6.07, 6.45) is 3.84. The molecule has 4 heteroatoms. The fourth-order valence-corrected chi connectivity index (χ4v) is 2.78. The molecule has 3 nitrogen and oxygen atoms in total. The number of nitrogens with two attached hydrogens (primary N) is 1. The molecule has 3 N–H and O–H groups in total. The summed E-state index contributed by atoms with van der Waals surface area (Å²) < 4.78 is 0.918. The highest BCUT2D eigenvalue weighted by molar-refractivity contribution is 9.10. The summed E-state index contributed by atoms with van der Waals surface area (Å²) in [6.45, 7) is 2.01. The lowest BCUT2D eigenvalue weighted by Gasteiger charge is -2.25. The van der Waals surface area contributed by atoms with Crippen LogP contribution < -0.4 is 11.1 Å². The van der Waals surface area contributed by atoms with Gasteiger partial charge in [-0.2, -0.15) is 0 Å². The van der Waals surface area contributed by atoms with Crippen molar-refractivity contribution in [1.29, 1.82) is 0 Å². The fraction of sp³-hybridized carbons (Fsp3) is 0.500. The summed E-state index contributed by atoms with van der Waals surface area (Å²) in [5.74, 6) is 0.151. The SMILES string of the molecule is Cc1ccc(Br)c(NC(=O)C2CCCC(N)C2)c1. The molecule has 0 saturated heterocycles. The topological polar surface area (TPSA) is 55.1 Å². The zero-order chi connectivity index (χ0) is 13.1. The minimum atomic E-state index is 0.0566. The van der Waals surface area contributed by atoms with Crippen LogP contribution in [0.3, 0.4) is 0 Å². The van der Waals surface area contributed by atoms with Gasteiger partial charge in [-0.3, -0.25) is 4.79 Å². The number of halogens is 1. The zero-order valence-corrected chi connectivity index (χ0v) is 12.2. The molecule has 0 aliphatic heterocycles. The number of anilines is 1. The van der Waals surface area contributed by atoms with E-state index in [9.17, 15) is 4.79 Å². The van der Waals surface area contributed by atoms with E-state index in [2.05, 4.69) is 21.2 Å². The van der Waals surface area contributed by atoms with E-state index in [1.807, 2.05) is 25.1 Å². The Morgan fingerprint density at radius 3 is 2.94 bits per heavy atom. The third kappa shape index (κ3) is 3.33. The minimum Gasteiger partial charge on any atom is -0.328 e. The third-order valence-corrected chi connectivity index (χ3v) is 4.16. The fourth-order valence-electron chi connectivity index (χ4n) is 2.44. The molecular weight excluding hydrogens is 292 g/mol. The molecule has 18 heavy (non-hydrogen) atoms. The number of amides is 1. The Morgan fingerprint density at radius 1 is 1.44 bits per heavy atom. The van der Waals surface area contributed by atoms with Gasteiger partial charge in [0.2, 0.25) is 5.91 Å². The van der Waals surface area contributed by atoms with Gasteiger partial charge in [-0.15, -0.1) is 0 Å². The van der Waals surface area contributed by atoms with Crippen molar-refractivity contribution >= 4 is 27.5 Å². The molecule has 1 saturated carbocycles. The van der Waals surface area contributed by atoms with Crippen LogP contribution in [-0.4, -0.2) is 11.9 Å². The second-order valence-electron chi connectivity index (χ2n) is 5.10. The van der Waals surface area contributed by atoms with E-state index in [-0.39, 0.29) is 17.9 Å². The van der Waals surface area contributed by atoms with Crippen molar-refractivity contribution in [2.45, 2.75) is 38.6 Å². The molecule has 0 spiro atoms. The van der Waals surface area contributed by atoms with Crippen LogP contribution in [0, 0.1) is 12.8 Å². The average molecular weight is 311 g/mol. The van der Waals surface area contributed by atoms with Crippen LogP contribution in [0.1, 0.15) is 31.2 Å². The van der Waals surface area contributed by atoms with E-state index < -0.39 is 0 Å². The number of carbonyl (C=O) groups is 1. The van der Waals surface area contributed by atoms with Crippen molar-refractivity contribution in [1.82, 2.24) is 0 Å². The lowest BCUT2D eigenvalue weighted by Crippen LogP contribution is -2.34. The van der Waals surface area contributed by atoms with Gasteiger partial charge in [-0.25, -0.2) is 0 Å². The molecule has 1 fully saturated rings. The highest BCUT2D eigenvalue weighted by atomic mass is 79.9. The molecule has 2 unspecified atom stereocenters. The number of aryl methyl sites for hydroxylation is 1. The van der Waals surface area contributed by atoms with Crippen molar-refractivity contribution in [3.63, 3.8) is 0 Å². The molecule has 1 aromatic carbocycles. The Bertz CT molecular complexity index is 447. The largest absolute Gasteiger partial charge is 0.328 e. The van der Waals surface area contributed by atoms with E-state index in [0.717, 1.165) is 41.4 Å². The summed E-state index contributed by atoms with van der Waals surface area (Å²) in [4.78, 5) is 12.2. The van der Waals surface area contributed by atoms with E-state index in [0.29, 0.717) is 0 Å². The van der Waals surface area contributed by atoms with Crippen LogP contribution in [0.4, 0.5) is 5.69 Å². The molecule has 1 aliphatic rings. The maximum absolute atomic E-state index is 12.2. The molecule has 1 aliphatic carbocycles. The van der Waals surface area contributed by atoms with Gasteiger partial charge in [0.1, 0.15) is 0 Å². The van der Waals surface area contributed by atoms with Crippen LogP contribution in [0.25, 0.3) is 0 Å². The van der Waals surface area contributed by atoms with Crippen LogP contribution in [0.5, 0.6) is 0 Å². The molecule has 1 amide bonds. The lowest BCUT2D eigenvalue weighted by molar-refractivity contribution is -0.120.